The Hall–Kier alpha value is -3.30. The van der Waals surface area contributed by atoms with Gasteiger partial charge in [-0.05, 0) is 66.9 Å². The number of aromatic carboxylic acids is 1. The predicted molar refractivity (Wildman–Crippen MR) is 175 cm³/mol. The van der Waals surface area contributed by atoms with E-state index in [9.17, 15) is 18.0 Å². The van der Waals surface area contributed by atoms with Gasteiger partial charge in [0, 0.05) is 25.9 Å². The molecule has 0 bridgehead atoms. The summed E-state index contributed by atoms with van der Waals surface area (Å²) in [5.41, 5.74) is 4.44. The first-order valence-electron chi connectivity index (χ1n) is 14.8. The van der Waals surface area contributed by atoms with E-state index in [1.165, 1.54) is 43.0 Å². The van der Waals surface area contributed by atoms with Crippen molar-refractivity contribution in [1.29, 1.82) is 0 Å². The van der Waals surface area contributed by atoms with Crippen molar-refractivity contribution in [2.24, 2.45) is 0 Å². The molecule has 0 fully saturated rings. The second kappa shape index (κ2) is 22.3. The van der Waals surface area contributed by atoms with Gasteiger partial charge in [-0.2, -0.15) is 5.10 Å². The summed E-state index contributed by atoms with van der Waals surface area (Å²) in [4.78, 5) is 23.6. The van der Waals surface area contributed by atoms with Gasteiger partial charge < -0.3 is 5.11 Å². The Morgan fingerprint density at radius 1 is 0.929 bits per heavy atom. The van der Waals surface area contributed by atoms with E-state index in [0.29, 0.717) is 4.90 Å². The number of benzene rings is 2. The number of aromatic nitrogens is 2. The van der Waals surface area contributed by atoms with Crippen molar-refractivity contribution in [3.05, 3.63) is 71.5 Å². The maximum atomic E-state index is 11.7. The fourth-order valence-electron chi connectivity index (χ4n) is 3.48. The first-order valence-corrected chi connectivity index (χ1v) is 16.7. The van der Waals surface area contributed by atoms with Gasteiger partial charge >= 0.3 is 5.97 Å². The van der Waals surface area contributed by atoms with Crippen LogP contribution in [0.5, 0.6) is 0 Å². The van der Waals surface area contributed by atoms with Crippen molar-refractivity contribution in [2.75, 3.05) is 19.3 Å². The highest BCUT2D eigenvalue weighted by atomic mass is 32.2. The Balaban J connectivity index is 0. The molecule has 42 heavy (non-hydrogen) atoms. The third kappa shape index (κ3) is 15.1. The van der Waals surface area contributed by atoms with Gasteiger partial charge in [0.1, 0.15) is 0 Å². The van der Waals surface area contributed by atoms with Crippen molar-refractivity contribution >= 4 is 21.7 Å². The van der Waals surface area contributed by atoms with Crippen LogP contribution in [0.25, 0.3) is 11.1 Å². The molecule has 0 spiro atoms. The van der Waals surface area contributed by atoms with Crippen LogP contribution in [0.2, 0.25) is 0 Å². The largest absolute Gasteiger partial charge is 0.476 e. The van der Waals surface area contributed by atoms with E-state index in [-0.39, 0.29) is 11.6 Å². The number of hydrogen-bond donors (Lipinski definition) is 1. The van der Waals surface area contributed by atoms with E-state index in [0.717, 1.165) is 41.9 Å². The molecule has 0 atom stereocenters. The van der Waals surface area contributed by atoms with Crippen LogP contribution in [0, 0.1) is 6.92 Å². The number of carboxylic acids is 1. The molecule has 0 saturated carbocycles. The van der Waals surface area contributed by atoms with Crippen LogP contribution in [0.3, 0.4) is 0 Å². The number of sulfone groups is 1. The summed E-state index contributed by atoms with van der Waals surface area (Å²) in [7, 11) is -3.18. The normalized spacial score (nSPS) is 10.0. The average molecular weight is 604 g/mol. The third-order valence-corrected chi connectivity index (χ3v) is 6.56. The number of aryl methyl sites for hydroxylation is 1. The summed E-state index contributed by atoms with van der Waals surface area (Å²) in [6.07, 6.45) is 4.96. The van der Waals surface area contributed by atoms with Gasteiger partial charge in [-0.1, -0.05) is 92.1 Å². The molecule has 0 saturated heterocycles. The van der Waals surface area contributed by atoms with E-state index in [4.69, 9.17) is 5.11 Å². The second-order valence-electron chi connectivity index (χ2n) is 8.99. The molecule has 0 unspecified atom stereocenters. The fourth-order valence-corrected chi connectivity index (χ4v) is 4.15. The Labute approximate surface area is 254 Å². The molecule has 0 radical (unpaired) electrons. The Bertz CT molecular complexity index is 1270. The number of carbonyl (C=O) groups is 2. The summed E-state index contributed by atoms with van der Waals surface area (Å²) < 4.78 is 24.5. The number of carbonyl (C=O) groups excluding carboxylic acids is 1. The lowest BCUT2D eigenvalue weighted by Crippen LogP contribution is -2.23. The Morgan fingerprint density at radius 3 is 1.90 bits per heavy atom. The second-order valence-corrected chi connectivity index (χ2v) is 11.0. The molecule has 0 aliphatic heterocycles. The van der Waals surface area contributed by atoms with Crippen molar-refractivity contribution in [2.45, 2.75) is 93.5 Å². The van der Waals surface area contributed by atoms with Gasteiger partial charge in [-0.25, -0.2) is 17.9 Å². The minimum atomic E-state index is -3.18. The maximum absolute atomic E-state index is 11.7. The molecule has 1 aromatic heterocycles. The number of carboxylic acid groups (broad SMARTS) is 1. The molecule has 0 aliphatic carbocycles. The number of hydrogen-bond acceptors (Lipinski definition) is 6. The highest BCUT2D eigenvalue weighted by Gasteiger charge is 2.10. The minimum Gasteiger partial charge on any atom is -0.476 e. The van der Waals surface area contributed by atoms with Crippen LogP contribution in [-0.2, 0) is 16.4 Å². The third-order valence-electron chi connectivity index (χ3n) is 5.45. The molecule has 2 aromatic carbocycles. The van der Waals surface area contributed by atoms with Crippen LogP contribution in [-0.4, -0.2) is 59.4 Å². The number of nitrogens with zero attached hydrogens (tertiary/aromatic N) is 3. The van der Waals surface area contributed by atoms with Gasteiger partial charge in [-0.15, -0.1) is 0 Å². The summed E-state index contributed by atoms with van der Waals surface area (Å²) in [6.45, 7) is 23.2. The predicted octanol–water partition coefficient (Wildman–Crippen LogP) is 8.01. The minimum absolute atomic E-state index is 0.125. The van der Waals surface area contributed by atoms with E-state index in [2.05, 4.69) is 62.8 Å². The van der Waals surface area contributed by atoms with Crippen LogP contribution >= 0.6 is 0 Å². The molecule has 8 nitrogen and oxygen atoms in total. The first kappa shape index (κ1) is 40.8. The van der Waals surface area contributed by atoms with Crippen molar-refractivity contribution in [3.63, 3.8) is 0 Å². The summed E-state index contributed by atoms with van der Waals surface area (Å²) in [5, 5.41) is 11.9. The molecule has 0 aliphatic rings. The molecule has 1 N–H and O–H groups in total. The standard InChI is InChI=1S/C20H27NO2S.C6H6N2O3.C3H8.2C2H6/c1-5-12-21(6-2)15-19-11-10-18(13-16(19)3)17-8-7-9-20(14-17)24(4,22)23;1-4(9)8-3-2-5(7-8)6(10)11;1-3-2;2*1-2/h7-11,13-14H,5-6,12,15H2,1-4H3;2-3H,1H3,(H,10,11);3H2,1-2H3;2*1-2H3. The van der Waals surface area contributed by atoms with Crippen LogP contribution in [0.1, 0.15) is 102 Å². The summed E-state index contributed by atoms with van der Waals surface area (Å²) in [6, 6.07) is 14.8. The van der Waals surface area contributed by atoms with Gasteiger partial charge in [-0.3, -0.25) is 9.69 Å². The zero-order valence-corrected chi connectivity index (χ0v) is 28.4. The zero-order valence-electron chi connectivity index (χ0n) is 27.6. The lowest BCUT2D eigenvalue weighted by Gasteiger charge is -2.21. The molecule has 236 valence electrons. The summed E-state index contributed by atoms with van der Waals surface area (Å²) >= 11 is 0. The Morgan fingerprint density at radius 2 is 1.50 bits per heavy atom. The molecule has 3 aromatic rings. The highest BCUT2D eigenvalue weighted by Crippen LogP contribution is 2.25. The molecule has 0 amide bonds. The van der Waals surface area contributed by atoms with Crippen LogP contribution < -0.4 is 0 Å². The molecule has 1 heterocycles. The van der Waals surface area contributed by atoms with E-state index in [1.807, 2.05) is 33.8 Å². The van der Waals surface area contributed by atoms with Crippen molar-refractivity contribution in [1.82, 2.24) is 14.7 Å². The topological polar surface area (TPSA) is 110 Å². The van der Waals surface area contributed by atoms with Crippen LogP contribution in [0.4, 0.5) is 0 Å². The average Bonchev–Trinajstić information content (AvgIpc) is 3.48. The Kier molecular flexibility index (Phi) is 21.7. The quantitative estimate of drug-likeness (QED) is 0.278. The highest BCUT2D eigenvalue weighted by molar-refractivity contribution is 7.90. The van der Waals surface area contributed by atoms with Crippen LogP contribution in [0.15, 0.2) is 59.6 Å². The smallest absolute Gasteiger partial charge is 0.356 e. The number of rotatable bonds is 8. The van der Waals surface area contributed by atoms with Crippen molar-refractivity contribution < 1.29 is 23.1 Å². The molecular weight excluding hydrogens is 550 g/mol. The molecule has 3 rings (SSSR count). The molecular formula is C33H53N3O5S. The van der Waals surface area contributed by atoms with Gasteiger partial charge in [0.25, 0.3) is 0 Å². The van der Waals surface area contributed by atoms with Gasteiger partial charge in [0.15, 0.2) is 15.5 Å². The van der Waals surface area contributed by atoms with E-state index in [1.54, 1.807) is 18.2 Å². The lowest BCUT2D eigenvalue weighted by atomic mass is 9.99. The maximum Gasteiger partial charge on any atom is 0.356 e. The SMILES string of the molecule is CC.CC.CC(=O)n1ccc(C(=O)O)n1.CCC.CCCN(CC)Cc1ccc(-c2cccc(S(C)(=O)=O)c2)cc1C. The molecule has 9 heteroatoms. The lowest BCUT2D eigenvalue weighted by molar-refractivity contribution is 0.0689. The van der Waals surface area contributed by atoms with Gasteiger partial charge in [0.05, 0.1) is 4.90 Å². The van der Waals surface area contributed by atoms with Crippen molar-refractivity contribution in [3.8, 4) is 11.1 Å². The first-order chi connectivity index (χ1) is 19.9. The monoisotopic (exact) mass is 603 g/mol. The zero-order chi connectivity index (χ0) is 32.9. The van der Waals surface area contributed by atoms with E-state index >= 15 is 0 Å². The summed E-state index contributed by atoms with van der Waals surface area (Å²) in [5.74, 6) is -1.44. The van der Waals surface area contributed by atoms with Gasteiger partial charge in [0.2, 0.25) is 5.91 Å². The fraction of sp³-hybridized carbons (Fsp3) is 0.485. The van der Waals surface area contributed by atoms with E-state index < -0.39 is 15.8 Å².